The van der Waals surface area contributed by atoms with Crippen molar-refractivity contribution in [1.82, 2.24) is 0 Å². The smallest absolute Gasteiger partial charge is 0.135 e. The molecule has 0 spiro atoms. The van der Waals surface area contributed by atoms with E-state index in [4.69, 9.17) is 4.42 Å². The Balaban J connectivity index is 0.918. The fourth-order valence-electron chi connectivity index (χ4n) is 9.01. The molecule has 2 heterocycles. The third kappa shape index (κ3) is 6.26. The molecule has 61 heavy (non-hydrogen) atoms. The highest BCUT2D eigenvalue weighted by Gasteiger charge is 2.16. The maximum Gasteiger partial charge on any atom is 0.135 e. The van der Waals surface area contributed by atoms with E-state index in [1.165, 1.54) is 64.3 Å². The Morgan fingerprint density at radius 2 is 0.836 bits per heavy atom. The van der Waals surface area contributed by atoms with Gasteiger partial charge in [0.25, 0.3) is 0 Å². The van der Waals surface area contributed by atoms with Gasteiger partial charge in [0.2, 0.25) is 0 Å². The number of rotatable bonds is 7. The van der Waals surface area contributed by atoms with E-state index in [2.05, 4.69) is 217 Å². The summed E-state index contributed by atoms with van der Waals surface area (Å²) in [7, 11) is 0. The second-order valence-electron chi connectivity index (χ2n) is 15.7. The van der Waals surface area contributed by atoms with Gasteiger partial charge >= 0.3 is 0 Å². The number of anilines is 3. The summed E-state index contributed by atoms with van der Waals surface area (Å²) in [6, 6.07) is 81.3. The van der Waals surface area contributed by atoms with Crippen molar-refractivity contribution in [1.29, 1.82) is 0 Å². The van der Waals surface area contributed by atoms with Gasteiger partial charge in [0.15, 0.2) is 0 Å². The summed E-state index contributed by atoms with van der Waals surface area (Å²) >= 11 is 1.86. The third-order valence-corrected chi connectivity index (χ3v) is 13.2. The van der Waals surface area contributed by atoms with Crippen LogP contribution in [0.2, 0.25) is 0 Å². The lowest BCUT2D eigenvalue weighted by molar-refractivity contribution is 0.669. The van der Waals surface area contributed by atoms with Crippen LogP contribution in [-0.4, -0.2) is 0 Å². The van der Waals surface area contributed by atoms with Crippen LogP contribution in [0, 0.1) is 0 Å². The fraction of sp³-hybridized carbons (Fsp3) is 0. The predicted octanol–water partition coefficient (Wildman–Crippen LogP) is 17.2. The molecule has 0 aliphatic carbocycles. The van der Waals surface area contributed by atoms with Crippen molar-refractivity contribution in [2.45, 2.75) is 0 Å². The Kier molecular flexibility index (Phi) is 8.39. The summed E-state index contributed by atoms with van der Waals surface area (Å²) in [6.45, 7) is 0. The fourth-order valence-corrected chi connectivity index (χ4v) is 10.1. The van der Waals surface area contributed by atoms with Crippen LogP contribution < -0.4 is 4.90 Å². The van der Waals surface area contributed by atoms with Crippen LogP contribution in [0.5, 0.6) is 0 Å². The molecule has 0 bridgehead atoms. The molecule has 0 fully saturated rings. The molecule has 12 rings (SSSR count). The maximum absolute atomic E-state index is 6.13. The van der Waals surface area contributed by atoms with Gasteiger partial charge in [-0.05, 0) is 134 Å². The number of nitrogens with zero attached hydrogens (tertiary/aromatic N) is 1. The van der Waals surface area contributed by atoms with E-state index in [1.807, 2.05) is 23.5 Å². The van der Waals surface area contributed by atoms with Crippen LogP contribution in [0.1, 0.15) is 0 Å². The molecule has 2 aromatic heterocycles. The highest BCUT2D eigenvalue weighted by atomic mass is 32.1. The second kappa shape index (κ2) is 14.5. The number of benzene rings is 10. The molecular formula is C58H37NOS. The topological polar surface area (TPSA) is 16.4 Å². The van der Waals surface area contributed by atoms with E-state index in [0.29, 0.717) is 0 Å². The minimum atomic E-state index is 0.906. The lowest BCUT2D eigenvalue weighted by Crippen LogP contribution is -2.09. The molecule has 12 aromatic rings. The predicted molar refractivity (Wildman–Crippen MR) is 261 cm³/mol. The van der Waals surface area contributed by atoms with Crippen molar-refractivity contribution in [3.05, 3.63) is 224 Å². The number of furan rings is 1. The van der Waals surface area contributed by atoms with Crippen LogP contribution in [0.15, 0.2) is 229 Å². The Bertz CT molecular complexity index is 3580. The molecule has 3 heteroatoms. The van der Waals surface area contributed by atoms with Crippen LogP contribution in [0.25, 0.3) is 97.4 Å². The monoisotopic (exact) mass is 795 g/mol. The van der Waals surface area contributed by atoms with E-state index in [-0.39, 0.29) is 0 Å². The van der Waals surface area contributed by atoms with E-state index >= 15 is 0 Å². The Hall–Kier alpha value is -7.72. The van der Waals surface area contributed by atoms with Crippen molar-refractivity contribution in [2.24, 2.45) is 0 Å². The van der Waals surface area contributed by atoms with Gasteiger partial charge in [0, 0.05) is 48.0 Å². The molecule has 286 valence electrons. The summed E-state index contributed by atoms with van der Waals surface area (Å²) in [5.74, 6) is 0. The van der Waals surface area contributed by atoms with E-state index in [9.17, 15) is 0 Å². The normalized spacial score (nSPS) is 11.6. The van der Waals surface area contributed by atoms with Gasteiger partial charge in [-0.3, -0.25) is 0 Å². The van der Waals surface area contributed by atoms with Crippen molar-refractivity contribution < 1.29 is 4.42 Å². The van der Waals surface area contributed by atoms with Gasteiger partial charge in [-0.2, -0.15) is 0 Å². The maximum atomic E-state index is 6.13. The molecule has 0 amide bonds. The van der Waals surface area contributed by atoms with Gasteiger partial charge in [-0.15, -0.1) is 11.3 Å². The molecule has 0 atom stereocenters. The highest BCUT2D eigenvalue weighted by Crippen LogP contribution is 2.42. The first-order valence-corrected chi connectivity index (χ1v) is 21.5. The van der Waals surface area contributed by atoms with Crippen LogP contribution in [0.3, 0.4) is 0 Å². The molecule has 10 aromatic carbocycles. The Morgan fingerprint density at radius 1 is 0.311 bits per heavy atom. The molecule has 0 aliphatic heterocycles. The summed E-state index contributed by atoms with van der Waals surface area (Å²) < 4.78 is 8.76. The van der Waals surface area contributed by atoms with Crippen molar-refractivity contribution in [3.8, 4) is 44.5 Å². The molecule has 0 saturated carbocycles. The van der Waals surface area contributed by atoms with Gasteiger partial charge in [-0.1, -0.05) is 146 Å². The van der Waals surface area contributed by atoms with E-state index in [1.54, 1.807) is 0 Å². The minimum Gasteiger partial charge on any atom is -0.456 e. The van der Waals surface area contributed by atoms with E-state index in [0.717, 1.165) is 50.1 Å². The largest absolute Gasteiger partial charge is 0.456 e. The zero-order valence-electron chi connectivity index (χ0n) is 33.1. The van der Waals surface area contributed by atoms with E-state index < -0.39 is 0 Å². The number of thiophene rings is 1. The standard InChI is InChI=1S/C58H37NOS/c1-2-10-42-36-45(20-19-38(42)9-1)44-12-7-11-43(35-44)39-21-28-47(29-22-39)59(48-30-23-40(24-31-48)46-27-34-55-53(37-46)51-13-3-5-16-54(51)60-55)49-32-25-41(26-33-49)50-15-8-18-57-58(50)52-14-4-6-17-56(52)61-57/h1-37H. The molecule has 0 aliphatic rings. The zero-order chi connectivity index (χ0) is 40.3. The molecule has 0 N–H and O–H groups in total. The first kappa shape index (κ1) is 35.2. The molecule has 0 unspecified atom stereocenters. The average molecular weight is 796 g/mol. The number of hydrogen-bond donors (Lipinski definition) is 0. The quantitative estimate of drug-likeness (QED) is 0.160. The van der Waals surface area contributed by atoms with Gasteiger partial charge < -0.3 is 9.32 Å². The van der Waals surface area contributed by atoms with Crippen LogP contribution in [0.4, 0.5) is 17.1 Å². The highest BCUT2D eigenvalue weighted by molar-refractivity contribution is 7.25. The zero-order valence-corrected chi connectivity index (χ0v) is 33.9. The van der Waals surface area contributed by atoms with Crippen molar-refractivity contribution in [3.63, 3.8) is 0 Å². The molecule has 0 radical (unpaired) electrons. The number of fused-ring (bicyclic) bond motifs is 7. The Morgan fingerprint density at radius 3 is 1.59 bits per heavy atom. The SMILES string of the molecule is c1cc(-c2ccc(N(c3ccc(-c4ccc5oc6ccccc6c5c4)cc3)c3ccc(-c4cccc5sc6ccccc6c45)cc3)cc2)cc(-c2ccc3ccccc3c2)c1. The molecular weight excluding hydrogens is 759 g/mol. The summed E-state index contributed by atoms with van der Waals surface area (Å²) in [5, 5.41) is 7.41. The number of hydrogen-bond acceptors (Lipinski definition) is 3. The minimum absolute atomic E-state index is 0.906. The summed E-state index contributed by atoms with van der Waals surface area (Å²) in [5.41, 5.74) is 14.7. The van der Waals surface area contributed by atoms with Crippen molar-refractivity contribution in [2.75, 3.05) is 4.90 Å². The Labute approximate surface area is 357 Å². The van der Waals surface area contributed by atoms with Gasteiger partial charge in [-0.25, -0.2) is 0 Å². The van der Waals surface area contributed by atoms with Gasteiger partial charge in [0.05, 0.1) is 0 Å². The average Bonchev–Trinajstić information content (AvgIpc) is 3.91. The summed E-state index contributed by atoms with van der Waals surface area (Å²) in [4.78, 5) is 2.36. The van der Waals surface area contributed by atoms with Crippen LogP contribution >= 0.6 is 11.3 Å². The van der Waals surface area contributed by atoms with Gasteiger partial charge in [0.1, 0.15) is 11.2 Å². The lowest BCUT2D eigenvalue weighted by atomic mass is 9.97. The first-order valence-electron chi connectivity index (χ1n) is 20.7. The summed E-state index contributed by atoms with van der Waals surface area (Å²) in [6.07, 6.45) is 0. The lowest BCUT2D eigenvalue weighted by Gasteiger charge is -2.26. The first-order chi connectivity index (χ1) is 30.2. The molecule has 0 saturated heterocycles. The third-order valence-electron chi connectivity index (χ3n) is 12.1. The van der Waals surface area contributed by atoms with Crippen LogP contribution in [-0.2, 0) is 0 Å². The second-order valence-corrected chi connectivity index (χ2v) is 16.8. The van der Waals surface area contributed by atoms with Crippen molar-refractivity contribution >= 4 is 81.3 Å². The number of para-hydroxylation sites is 1. The molecule has 2 nitrogen and oxygen atoms in total.